The Labute approximate surface area is 199 Å². The molecule has 4 heterocycles. The van der Waals surface area contributed by atoms with Gasteiger partial charge < -0.3 is 9.64 Å². The number of nitrogens with zero attached hydrogens (tertiary/aromatic N) is 4. The van der Waals surface area contributed by atoms with Gasteiger partial charge in [0.1, 0.15) is 17.0 Å². The van der Waals surface area contributed by atoms with Crippen LogP contribution in [-0.2, 0) is 11.3 Å². The maximum atomic E-state index is 13.7. The molecule has 0 saturated carbocycles. The van der Waals surface area contributed by atoms with E-state index >= 15 is 0 Å². The van der Waals surface area contributed by atoms with Crippen molar-refractivity contribution in [2.24, 2.45) is 0 Å². The zero-order valence-corrected chi connectivity index (χ0v) is 19.7. The zero-order valence-electron chi connectivity index (χ0n) is 18.1. The Kier molecular flexibility index (Phi) is 5.92. The minimum absolute atomic E-state index is 0.212. The van der Waals surface area contributed by atoms with Crippen LogP contribution in [-0.4, -0.2) is 40.3 Å². The Bertz CT molecular complexity index is 1470. The normalized spacial score (nSPS) is 14.0. The minimum atomic E-state index is -0.237. The lowest BCUT2D eigenvalue weighted by Crippen LogP contribution is -2.38. The van der Waals surface area contributed by atoms with Crippen molar-refractivity contribution >= 4 is 35.0 Å². The van der Waals surface area contributed by atoms with Gasteiger partial charge in [-0.1, -0.05) is 36.4 Å². The molecule has 0 aliphatic carbocycles. The van der Waals surface area contributed by atoms with Gasteiger partial charge >= 0.3 is 0 Å². The highest BCUT2D eigenvalue weighted by molar-refractivity contribution is 7.73. The molecule has 0 bridgehead atoms. The average Bonchev–Trinajstić information content (AvgIpc) is 2.83. The van der Waals surface area contributed by atoms with Crippen molar-refractivity contribution in [3.05, 3.63) is 90.5 Å². The monoisotopic (exact) mass is 478 g/mol. The molecular formula is C24H22N4O3S2. The smallest absolute Gasteiger partial charge is 0.268 e. The predicted molar refractivity (Wildman–Crippen MR) is 133 cm³/mol. The first-order valence-corrected chi connectivity index (χ1v) is 11.9. The highest BCUT2D eigenvalue weighted by Crippen LogP contribution is 2.30. The van der Waals surface area contributed by atoms with E-state index in [-0.39, 0.29) is 11.1 Å². The van der Waals surface area contributed by atoms with Crippen LogP contribution in [0.4, 0.5) is 5.82 Å². The van der Waals surface area contributed by atoms with Gasteiger partial charge in [0.25, 0.3) is 11.1 Å². The van der Waals surface area contributed by atoms with E-state index in [0.717, 1.165) is 11.1 Å². The molecule has 1 aliphatic heterocycles. The van der Waals surface area contributed by atoms with Crippen molar-refractivity contribution in [1.82, 2.24) is 14.0 Å². The fourth-order valence-electron chi connectivity index (χ4n) is 4.00. The molecule has 1 fully saturated rings. The lowest BCUT2D eigenvalue weighted by atomic mass is 10.2. The summed E-state index contributed by atoms with van der Waals surface area (Å²) in [5, 5.41) is 0. The number of aromatic nitrogens is 3. The molecule has 1 aliphatic rings. The molecule has 1 saturated heterocycles. The van der Waals surface area contributed by atoms with Crippen LogP contribution in [0.5, 0.6) is 0 Å². The summed E-state index contributed by atoms with van der Waals surface area (Å²) in [5.41, 5.74) is 2.45. The molecule has 0 amide bonds. The topological polar surface area (TPSA) is 68.8 Å². The lowest BCUT2D eigenvalue weighted by Gasteiger charge is -2.29. The highest BCUT2D eigenvalue weighted by Gasteiger charge is 2.23. The van der Waals surface area contributed by atoms with Gasteiger partial charge in [-0.05, 0) is 36.3 Å². The summed E-state index contributed by atoms with van der Waals surface area (Å²) in [5.74, 6) is 0.573. The zero-order chi connectivity index (χ0) is 22.9. The maximum Gasteiger partial charge on any atom is 0.268 e. The van der Waals surface area contributed by atoms with E-state index in [1.165, 1.54) is 17.4 Å². The molecule has 0 spiro atoms. The van der Waals surface area contributed by atoms with Crippen molar-refractivity contribution in [3.8, 4) is 10.4 Å². The number of pyridine rings is 1. The Morgan fingerprint density at radius 1 is 1.09 bits per heavy atom. The van der Waals surface area contributed by atoms with E-state index in [2.05, 4.69) is 4.90 Å². The van der Waals surface area contributed by atoms with Gasteiger partial charge in [0.2, 0.25) is 0 Å². The standard InChI is InChI=1S/C24H22N4O3S2/c1-16-6-5-9-27-21(16)25-22(26-10-12-31-13-11-26)20(23(27)30)18-14-19(29)28(24(32)33-18)15-17-7-3-2-4-8-17/h2-9,14H,10-13,15H2,1H3. The molecule has 7 nitrogen and oxygen atoms in total. The second-order valence-corrected chi connectivity index (χ2v) is 9.56. The summed E-state index contributed by atoms with van der Waals surface area (Å²) in [6.07, 6.45) is 1.71. The Morgan fingerprint density at radius 2 is 1.85 bits per heavy atom. The Balaban J connectivity index is 1.71. The van der Waals surface area contributed by atoms with Gasteiger partial charge in [0.15, 0.2) is 3.95 Å². The molecule has 33 heavy (non-hydrogen) atoms. The van der Waals surface area contributed by atoms with Crippen LogP contribution >= 0.6 is 23.6 Å². The summed E-state index contributed by atoms with van der Waals surface area (Å²) < 4.78 is 9.02. The molecule has 0 atom stereocenters. The van der Waals surface area contributed by atoms with Gasteiger partial charge in [-0.2, -0.15) is 0 Å². The van der Waals surface area contributed by atoms with E-state index in [1.807, 2.05) is 49.4 Å². The van der Waals surface area contributed by atoms with Crippen molar-refractivity contribution in [1.29, 1.82) is 0 Å². The van der Waals surface area contributed by atoms with E-state index in [9.17, 15) is 9.59 Å². The van der Waals surface area contributed by atoms with Crippen molar-refractivity contribution in [3.63, 3.8) is 0 Å². The first-order valence-electron chi connectivity index (χ1n) is 10.7. The van der Waals surface area contributed by atoms with Crippen molar-refractivity contribution in [2.45, 2.75) is 13.5 Å². The molecule has 0 radical (unpaired) electrons. The first-order chi connectivity index (χ1) is 16.0. The fourth-order valence-corrected chi connectivity index (χ4v) is 5.31. The van der Waals surface area contributed by atoms with Gasteiger partial charge in [-0.15, -0.1) is 11.3 Å². The van der Waals surface area contributed by atoms with Crippen LogP contribution in [0.15, 0.2) is 64.3 Å². The molecule has 3 aromatic heterocycles. The number of rotatable bonds is 4. The van der Waals surface area contributed by atoms with Gasteiger partial charge in [0, 0.05) is 25.4 Å². The SMILES string of the molecule is Cc1cccn2c(=O)c(-c3cc(=O)n(Cc4ccccc4)c(=S)s3)c(N3CCOCC3)nc12. The first kappa shape index (κ1) is 21.7. The summed E-state index contributed by atoms with van der Waals surface area (Å²) in [6, 6.07) is 15.0. The molecule has 5 rings (SSSR count). The molecule has 0 N–H and O–H groups in total. The minimum Gasteiger partial charge on any atom is -0.378 e. The molecule has 9 heteroatoms. The van der Waals surface area contributed by atoms with E-state index in [0.29, 0.717) is 58.7 Å². The third kappa shape index (κ3) is 4.15. The summed E-state index contributed by atoms with van der Waals surface area (Å²) in [4.78, 5) is 34.2. The van der Waals surface area contributed by atoms with Crippen molar-refractivity contribution < 1.29 is 4.74 Å². The highest BCUT2D eigenvalue weighted by atomic mass is 32.1. The third-order valence-corrected chi connectivity index (χ3v) is 7.12. The molecular weight excluding hydrogens is 456 g/mol. The van der Waals surface area contributed by atoms with Crippen LogP contribution < -0.4 is 16.0 Å². The number of aryl methyl sites for hydroxylation is 1. The van der Waals surface area contributed by atoms with E-state index in [4.69, 9.17) is 21.9 Å². The third-order valence-electron chi connectivity index (χ3n) is 5.71. The van der Waals surface area contributed by atoms with Crippen molar-refractivity contribution in [2.75, 3.05) is 31.2 Å². The largest absolute Gasteiger partial charge is 0.378 e. The molecule has 1 aromatic carbocycles. The summed E-state index contributed by atoms with van der Waals surface area (Å²) >= 11 is 6.87. The predicted octanol–water partition coefficient (Wildman–Crippen LogP) is 3.51. The maximum absolute atomic E-state index is 13.7. The van der Waals surface area contributed by atoms with Crippen LogP contribution in [0.3, 0.4) is 0 Å². The van der Waals surface area contributed by atoms with Crippen LogP contribution in [0, 0.1) is 10.9 Å². The number of morpholine rings is 1. The summed E-state index contributed by atoms with van der Waals surface area (Å²) in [6.45, 7) is 4.68. The number of hydrogen-bond donors (Lipinski definition) is 0. The lowest BCUT2D eigenvalue weighted by molar-refractivity contribution is 0.122. The van der Waals surface area contributed by atoms with Crippen LogP contribution in [0.1, 0.15) is 11.1 Å². The average molecular weight is 479 g/mol. The Morgan fingerprint density at radius 3 is 2.58 bits per heavy atom. The second-order valence-electron chi connectivity index (χ2n) is 7.89. The van der Waals surface area contributed by atoms with Gasteiger partial charge in [-0.25, -0.2) is 4.98 Å². The number of hydrogen-bond acceptors (Lipinski definition) is 7. The Hall–Kier alpha value is -3.14. The summed E-state index contributed by atoms with van der Waals surface area (Å²) in [7, 11) is 0. The van der Waals surface area contributed by atoms with Gasteiger partial charge in [-0.3, -0.25) is 18.6 Å². The fraction of sp³-hybridized carbons (Fsp3) is 0.250. The van der Waals surface area contributed by atoms with Crippen LogP contribution in [0.2, 0.25) is 0 Å². The number of benzene rings is 1. The molecule has 0 unspecified atom stereocenters. The number of anilines is 1. The van der Waals surface area contributed by atoms with Gasteiger partial charge in [0.05, 0.1) is 24.6 Å². The van der Waals surface area contributed by atoms with E-state index < -0.39 is 0 Å². The number of fused-ring (bicyclic) bond motifs is 1. The molecule has 4 aromatic rings. The second kappa shape index (κ2) is 9.01. The number of ether oxygens (including phenoxy) is 1. The van der Waals surface area contributed by atoms with Crippen LogP contribution in [0.25, 0.3) is 16.1 Å². The van der Waals surface area contributed by atoms with E-state index in [1.54, 1.807) is 15.2 Å². The molecule has 168 valence electrons. The quantitative estimate of drug-likeness (QED) is 0.418.